The molecule has 0 aliphatic heterocycles. The molecule has 0 fully saturated rings. The highest BCUT2D eigenvalue weighted by Gasteiger charge is 2.28. The summed E-state index contributed by atoms with van der Waals surface area (Å²) in [6.45, 7) is 36.7. The summed E-state index contributed by atoms with van der Waals surface area (Å²) in [6, 6.07) is 51.9. The fourth-order valence-corrected chi connectivity index (χ4v) is 9.76. The van der Waals surface area contributed by atoms with Crippen molar-refractivity contribution in [1.82, 2.24) is 0 Å². The minimum atomic E-state index is 0.0191. The Morgan fingerprint density at radius 2 is 0.500 bits per heavy atom. The van der Waals surface area contributed by atoms with Gasteiger partial charge in [0.2, 0.25) is 0 Å². The Labute approximate surface area is 396 Å². The van der Waals surface area contributed by atoms with Crippen LogP contribution in [-0.4, -0.2) is 0 Å². The molecule has 0 bridgehead atoms. The van der Waals surface area contributed by atoms with Crippen molar-refractivity contribution in [2.75, 3.05) is 9.80 Å². The van der Waals surface area contributed by atoms with Crippen LogP contribution in [0.5, 0.6) is 0 Å². The van der Waals surface area contributed by atoms with Crippen LogP contribution in [0.15, 0.2) is 133 Å². The molecule has 0 N–H and O–H groups in total. The molecule has 0 atom stereocenters. The van der Waals surface area contributed by atoms with E-state index in [2.05, 4.69) is 254 Å². The van der Waals surface area contributed by atoms with Crippen LogP contribution in [0, 0.1) is 27.7 Å². The van der Waals surface area contributed by atoms with Gasteiger partial charge in [0.25, 0.3) is 0 Å². The Hall–Kier alpha value is -6.12. The summed E-state index contributed by atoms with van der Waals surface area (Å²) in [4.78, 5) is 5.03. The zero-order valence-electron chi connectivity index (χ0n) is 42.6. The van der Waals surface area contributed by atoms with Crippen LogP contribution in [0.3, 0.4) is 0 Å². The summed E-state index contributed by atoms with van der Waals surface area (Å²) in [5, 5.41) is 5.02. The second-order valence-corrected chi connectivity index (χ2v) is 23.5. The lowest BCUT2D eigenvalue weighted by molar-refractivity contribution is 0.589. The lowest BCUT2D eigenvalue weighted by atomic mass is 9.78. The molecule has 0 saturated heterocycles. The predicted molar refractivity (Wildman–Crippen MR) is 289 cm³/mol. The number of fused-ring (bicyclic) bond motifs is 6. The third-order valence-electron chi connectivity index (χ3n) is 14.3. The van der Waals surface area contributed by atoms with E-state index in [9.17, 15) is 0 Å². The summed E-state index contributed by atoms with van der Waals surface area (Å²) >= 11 is 0. The molecule has 66 heavy (non-hydrogen) atoms. The van der Waals surface area contributed by atoms with Gasteiger partial charge in [0.1, 0.15) is 0 Å². The highest BCUT2D eigenvalue weighted by Crippen LogP contribution is 2.52. The van der Waals surface area contributed by atoms with Gasteiger partial charge < -0.3 is 9.80 Å². The highest BCUT2D eigenvalue weighted by molar-refractivity contribution is 6.12. The van der Waals surface area contributed by atoms with E-state index < -0.39 is 0 Å². The van der Waals surface area contributed by atoms with Crippen LogP contribution in [-0.2, 0) is 21.7 Å². The van der Waals surface area contributed by atoms with Gasteiger partial charge in [-0.25, -0.2) is 0 Å². The predicted octanol–water partition coefficient (Wildman–Crippen LogP) is 19.0. The maximum absolute atomic E-state index is 2.51. The second-order valence-electron chi connectivity index (χ2n) is 23.5. The van der Waals surface area contributed by atoms with Crippen molar-refractivity contribution in [2.45, 2.75) is 132 Å². The van der Waals surface area contributed by atoms with E-state index in [-0.39, 0.29) is 21.7 Å². The lowest BCUT2D eigenvalue weighted by Gasteiger charge is -2.33. The maximum Gasteiger partial charge on any atom is 0.0493 e. The van der Waals surface area contributed by atoms with Gasteiger partial charge in [-0.15, -0.1) is 0 Å². The van der Waals surface area contributed by atoms with Gasteiger partial charge in [0.05, 0.1) is 0 Å². The summed E-state index contributed by atoms with van der Waals surface area (Å²) in [6.07, 6.45) is 0. The van der Waals surface area contributed by atoms with Crippen molar-refractivity contribution < 1.29 is 0 Å². The molecule has 2 heteroatoms. The van der Waals surface area contributed by atoms with Crippen molar-refractivity contribution >= 4 is 55.7 Å². The normalized spacial score (nSPS) is 12.8. The Balaban J connectivity index is 1.18. The number of rotatable bonds is 6. The first-order valence-corrected chi connectivity index (χ1v) is 24.1. The zero-order valence-corrected chi connectivity index (χ0v) is 42.6. The SMILES string of the molecule is Cc1ccc(C(C)(C)C)cc1N(c1ccc2cc3c(cc2c1)-c1cc2cc(N(c4cc(C(C)(C)C)ccc4C)c4cc(C(C)(C)C)ccc4C)ccc2cc1-3)c1cc(C(C)(C)C)ccc1C. The average molecular weight is 867 g/mol. The molecule has 0 amide bonds. The molecular formula is C64H70N2. The summed E-state index contributed by atoms with van der Waals surface area (Å²) in [5.74, 6) is 0. The van der Waals surface area contributed by atoms with E-state index in [4.69, 9.17) is 0 Å². The van der Waals surface area contributed by atoms with Gasteiger partial charge >= 0.3 is 0 Å². The van der Waals surface area contributed by atoms with Gasteiger partial charge in [-0.05, 0) is 210 Å². The molecule has 2 nitrogen and oxygen atoms in total. The van der Waals surface area contributed by atoms with Crippen molar-refractivity contribution in [3.63, 3.8) is 0 Å². The lowest BCUT2D eigenvalue weighted by Crippen LogP contribution is -2.18. The Morgan fingerprint density at radius 3 is 0.742 bits per heavy atom. The van der Waals surface area contributed by atoms with Crippen molar-refractivity contribution in [3.8, 4) is 22.3 Å². The molecule has 0 radical (unpaired) electrons. The molecule has 0 unspecified atom stereocenters. The molecule has 1 aliphatic rings. The fourth-order valence-electron chi connectivity index (χ4n) is 9.76. The fraction of sp³-hybridized carbons (Fsp3) is 0.312. The van der Waals surface area contributed by atoms with Crippen LogP contribution in [0.25, 0.3) is 43.8 Å². The summed E-state index contributed by atoms with van der Waals surface area (Å²) < 4.78 is 0. The van der Waals surface area contributed by atoms with Gasteiger partial charge in [0, 0.05) is 34.1 Å². The Kier molecular flexibility index (Phi) is 10.8. The number of aryl methyl sites for hydroxylation is 4. The minimum Gasteiger partial charge on any atom is -0.310 e. The monoisotopic (exact) mass is 867 g/mol. The van der Waals surface area contributed by atoms with Crippen LogP contribution in [0.2, 0.25) is 0 Å². The molecule has 9 rings (SSSR count). The molecule has 0 saturated carbocycles. The first kappa shape index (κ1) is 45.1. The van der Waals surface area contributed by atoms with E-state index in [1.807, 2.05) is 0 Å². The number of hydrogen-bond donors (Lipinski definition) is 0. The summed E-state index contributed by atoms with van der Waals surface area (Å²) in [5.41, 5.74) is 23.0. The first-order chi connectivity index (χ1) is 30.9. The van der Waals surface area contributed by atoms with Crippen molar-refractivity contribution in [1.29, 1.82) is 0 Å². The van der Waals surface area contributed by atoms with Gasteiger partial charge in [-0.2, -0.15) is 0 Å². The second kappa shape index (κ2) is 15.8. The number of nitrogens with zero attached hydrogens (tertiary/aromatic N) is 2. The minimum absolute atomic E-state index is 0.0191. The summed E-state index contributed by atoms with van der Waals surface area (Å²) in [7, 11) is 0. The van der Waals surface area contributed by atoms with Gasteiger partial charge in [-0.1, -0.05) is 144 Å². The largest absolute Gasteiger partial charge is 0.310 e. The van der Waals surface area contributed by atoms with Crippen molar-refractivity contribution in [2.24, 2.45) is 0 Å². The highest BCUT2D eigenvalue weighted by atomic mass is 15.2. The molecule has 0 aromatic heterocycles. The zero-order chi connectivity index (χ0) is 47.4. The molecule has 8 aromatic carbocycles. The topological polar surface area (TPSA) is 6.48 Å². The first-order valence-electron chi connectivity index (χ1n) is 24.1. The molecule has 0 spiro atoms. The number of hydrogen-bond acceptors (Lipinski definition) is 2. The van der Waals surface area contributed by atoms with E-state index in [0.717, 1.165) is 0 Å². The van der Waals surface area contributed by atoms with Gasteiger partial charge in [0.15, 0.2) is 0 Å². The van der Waals surface area contributed by atoms with Crippen LogP contribution < -0.4 is 9.80 Å². The third kappa shape index (κ3) is 8.12. The van der Waals surface area contributed by atoms with Gasteiger partial charge in [-0.3, -0.25) is 0 Å². The Morgan fingerprint density at radius 1 is 0.258 bits per heavy atom. The molecular weight excluding hydrogens is 797 g/mol. The molecule has 1 aliphatic carbocycles. The maximum atomic E-state index is 2.51. The quantitative estimate of drug-likeness (QED) is 0.164. The van der Waals surface area contributed by atoms with E-state index in [1.165, 1.54) is 122 Å². The standard InChI is InChI=1S/C64H70N2/c1-39-17-23-47(61(5,6)7)35-57(39)65(58-36-48(62(8,9)10)24-18-40(58)2)51-27-21-43-31-53-54-32-44-22-28-52(30-46(44)34-56(54)55(53)33-45(43)29-51)66(59-37-49(63(11,12)13)25-19-41(59)3)60-38-50(64(14,15)16)26-20-42(60)4/h17-38H,1-16H3. The van der Waals surface area contributed by atoms with E-state index in [0.29, 0.717) is 0 Å². The number of benzene rings is 8. The van der Waals surface area contributed by atoms with Crippen LogP contribution in [0.1, 0.15) is 128 Å². The Bertz CT molecular complexity index is 2880. The number of anilines is 6. The van der Waals surface area contributed by atoms with E-state index >= 15 is 0 Å². The van der Waals surface area contributed by atoms with Crippen LogP contribution >= 0.6 is 0 Å². The third-order valence-corrected chi connectivity index (χ3v) is 14.3. The molecule has 336 valence electrons. The van der Waals surface area contributed by atoms with Crippen molar-refractivity contribution in [3.05, 3.63) is 178 Å². The molecule has 8 aromatic rings. The average Bonchev–Trinajstić information content (AvgIpc) is 3.23. The van der Waals surface area contributed by atoms with Crippen LogP contribution in [0.4, 0.5) is 34.1 Å². The molecule has 0 heterocycles. The smallest absolute Gasteiger partial charge is 0.0493 e. The van der Waals surface area contributed by atoms with E-state index in [1.54, 1.807) is 0 Å².